The number of carbonyl (C=O) groups is 1. The number of hydrogen-bond acceptors (Lipinski definition) is 6. The topological polar surface area (TPSA) is 94.9 Å². The number of amides is 1. The highest BCUT2D eigenvalue weighted by atomic mass is 16.6. The van der Waals surface area contributed by atoms with Crippen molar-refractivity contribution in [3.8, 4) is 0 Å². The third-order valence-electron chi connectivity index (χ3n) is 3.88. The van der Waals surface area contributed by atoms with Gasteiger partial charge in [0, 0.05) is 17.7 Å². The van der Waals surface area contributed by atoms with Crippen LogP contribution in [0.25, 0.3) is 0 Å². The minimum atomic E-state index is -1.55. The number of carbonyl (C=O) groups excluding carboxylic acids is 1. The van der Waals surface area contributed by atoms with Crippen molar-refractivity contribution in [2.45, 2.75) is 66.4 Å². The molecular formula is C18H32BN3O4. The fourth-order valence-corrected chi connectivity index (χ4v) is 2.44. The van der Waals surface area contributed by atoms with Gasteiger partial charge in [0.25, 0.3) is 0 Å². The maximum Gasteiger partial charge on any atom is 0.490 e. The molecule has 0 unspecified atom stereocenters. The third-order valence-corrected chi connectivity index (χ3v) is 3.88. The number of ether oxygens (including phenoxy) is 1. The lowest BCUT2D eigenvalue weighted by Crippen LogP contribution is -2.40. The van der Waals surface area contributed by atoms with Crippen molar-refractivity contribution in [2.75, 3.05) is 18.5 Å². The zero-order chi connectivity index (χ0) is 19.9. The quantitative estimate of drug-likeness (QED) is 0.482. The van der Waals surface area contributed by atoms with E-state index in [1.165, 1.54) is 0 Å². The van der Waals surface area contributed by atoms with Crippen LogP contribution in [0.2, 0.25) is 0 Å². The number of anilines is 1. The minimum Gasteiger partial charge on any atom is -0.444 e. The van der Waals surface area contributed by atoms with Gasteiger partial charge in [0.05, 0.1) is 6.67 Å². The fraction of sp³-hybridized carbons (Fsp3) is 0.667. The zero-order valence-electron chi connectivity index (χ0n) is 16.8. The molecule has 3 N–H and O–H groups in total. The number of aromatic nitrogens is 1. The van der Waals surface area contributed by atoms with E-state index in [1.54, 1.807) is 17.9 Å². The van der Waals surface area contributed by atoms with Gasteiger partial charge in [-0.2, -0.15) is 0 Å². The summed E-state index contributed by atoms with van der Waals surface area (Å²) in [6, 6.07) is 1.77. The van der Waals surface area contributed by atoms with Crippen LogP contribution >= 0.6 is 0 Å². The molecule has 146 valence electrons. The first kappa shape index (κ1) is 22.2. The summed E-state index contributed by atoms with van der Waals surface area (Å²) in [5.41, 5.74) is 1.30. The first-order valence-electron chi connectivity index (χ1n) is 9.17. The average Bonchev–Trinajstić information content (AvgIpc) is 2.52. The molecule has 0 fully saturated rings. The number of nitrogens with one attached hydrogen (secondary N) is 1. The molecule has 7 nitrogen and oxygen atoms in total. The Morgan fingerprint density at radius 3 is 2.50 bits per heavy atom. The average molecular weight is 365 g/mol. The van der Waals surface area contributed by atoms with Gasteiger partial charge in [0.15, 0.2) is 0 Å². The Hall–Kier alpha value is -1.80. The monoisotopic (exact) mass is 365 g/mol. The molecule has 1 aromatic rings. The second-order valence-electron chi connectivity index (χ2n) is 7.32. The molecule has 0 aliphatic carbocycles. The van der Waals surface area contributed by atoms with Gasteiger partial charge in [0.1, 0.15) is 11.4 Å². The van der Waals surface area contributed by atoms with E-state index in [2.05, 4.69) is 17.2 Å². The van der Waals surface area contributed by atoms with Crippen molar-refractivity contribution in [2.24, 2.45) is 0 Å². The van der Waals surface area contributed by atoms with Crippen LogP contribution in [-0.4, -0.2) is 52.0 Å². The smallest absolute Gasteiger partial charge is 0.444 e. The summed E-state index contributed by atoms with van der Waals surface area (Å²) >= 11 is 0. The van der Waals surface area contributed by atoms with Crippen molar-refractivity contribution in [1.82, 2.24) is 9.88 Å². The molecule has 0 saturated carbocycles. The van der Waals surface area contributed by atoms with Crippen LogP contribution < -0.4 is 10.8 Å². The molecular weight excluding hydrogens is 333 g/mol. The lowest BCUT2D eigenvalue weighted by molar-refractivity contribution is 0.0274. The highest BCUT2D eigenvalue weighted by Crippen LogP contribution is 2.16. The highest BCUT2D eigenvalue weighted by molar-refractivity contribution is 6.59. The van der Waals surface area contributed by atoms with Crippen LogP contribution in [0.15, 0.2) is 6.07 Å². The molecule has 1 aromatic heterocycles. The number of unbranched alkanes of at least 4 members (excludes halogenated alkanes) is 1. The van der Waals surface area contributed by atoms with Crippen LogP contribution in [-0.2, 0) is 11.2 Å². The fourth-order valence-electron chi connectivity index (χ4n) is 2.44. The summed E-state index contributed by atoms with van der Waals surface area (Å²) in [7, 11) is -1.55. The van der Waals surface area contributed by atoms with Gasteiger partial charge in [0.2, 0.25) is 0 Å². The number of pyridine rings is 1. The zero-order valence-corrected chi connectivity index (χ0v) is 16.8. The maximum absolute atomic E-state index is 12.3. The van der Waals surface area contributed by atoms with Crippen molar-refractivity contribution < 1.29 is 19.6 Å². The lowest BCUT2D eigenvalue weighted by Gasteiger charge is -2.27. The minimum absolute atomic E-state index is 0.262. The van der Waals surface area contributed by atoms with E-state index in [-0.39, 0.29) is 12.8 Å². The van der Waals surface area contributed by atoms with E-state index in [0.29, 0.717) is 23.5 Å². The van der Waals surface area contributed by atoms with Gasteiger partial charge in [-0.25, -0.2) is 9.78 Å². The molecule has 8 heteroatoms. The normalized spacial score (nSPS) is 11.2. The van der Waals surface area contributed by atoms with Crippen molar-refractivity contribution in [1.29, 1.82) is 0 Å². The SMILES string of the molecule is CCCCc1cc(B(O)O)c(C)nc1NCN(CC)C(=O)OC(C)(C)C. The van der Waals surface area contributed by atoms with Crippen LogP contribution in [0.4, 0.5) is 10.6 Å². The molecule has 0 bridgehead atoms. The van der Waals surface area contributed by atoms with E-state index in [1.807, 2.05) is 27.7 Å². The van der Waals surface area contributed by atoms with Crippen LogP contribution in [0.1, 0.15) is 58.7 Å². The number of hydrogen-bond donors (Lipinski definition) is 3. The molecule has 0 radical (unpaired) electrons. The molecule has 0 aliphatic rings. The largest absolute Gasteiger partial charge is 0.490 e. The Kier molecular flexibility index (Phi) is 8.37. The van der Waals surface area contributed by atoms with Gasteiger partial charge in [-0.3, -0.25) is 4.90 Å². The van der Waals surface area contributed by atoms with Crippen molar-refractivity contribution >= 4 is 24.5 Å². The van der Waals surface area contributed by atoms with E-state index >= 15 is 0 Å². The molecule has 0 atom stereocenters. The van der Waals surface area contributed by atoms with E-state index < -0.39 is 12.7 Å². The summed E-state index contributed by atoms with van der Waals surface area (Å²) in [6.45, 7) is 12.0. The van der Waals surface area contributed by atoms with Crippen LogP contribution in [0.3, 0.4) is 0 Å². The maximum atomic E-state index is 12.3. The summed E-state index contributed by atoms with van der Waals surface area (Å²) in [5.74, 6) is 0.655. The van der Waals surface area contributed by atoms with E-state index in [0.717, 1.165) is 24.8 Å². The Morgan fingerprint density at radius 2 is 2.00 bits per heavy atom. The van der Waals surface area contributed by atoms with E-state index in [9.17, 15) is 14.8 Å². The standard InChI is InChI=1S/C18H32BN3O4/c1-7-9-10-14-11-15(19(24)25)13(3)21-16(14)20-12-22(8-2)17(23)26-18(4,5)6/h11,24-25H,7-10,12H2,1-6H3,(H,20,21). The Balaban J connectivity index is 2.95. The number of aryl methyl sites for hydroxylation is 2. The molecule has 26 heavy (non-hydrogen) atoms. The van der Waals surface area contributed by atoms with E-state index in [4.69, 9.17) is 4.74 Å². The molecule has 0 aliphatic heterocycles. The molecule has 1 rings (SSSR count). The Labute approximate surface area is 156 Å². The first-order valence-corrected chi connectivity index (χ1v) is 9.17. The Morgan fingerprint density at radius 1 is 1.35 bits per heavy atom. The van der Waals surface area contributed by atoms with Gasteiger partial charge < -0.3 is 20.1 Å². The summed E-state index contributed by atoms with van der Waals surface area (Å²) in [4.78, 5) is 18.3. The molecule has 0 saturated heterocycles. The Bertz CT molecular complexity index is 603. The van der Waals surface area contributed by atoms with Gasteiger partial charge >= 0.3 is 13.2 Å². The second kappa shape index (κ2) is 9.78. The van der Waals surface area contributed by atoms with Gasteiger partial charge in [-0.05, 0) is 53.0 Å². The predicted octanol–water partition coefficient (Wildman–Crippen LogP) is 2.04. The second-order valence-corrected chi connectivity index (χ2v) is 7.32. The molecule has 1 amide bonds. The van der Waals surface area contributed by atoms with Gasteiger partial charge in [-0.1, -0.05) is 19.4 Å². The molecule has 0 aromatic carbocycles. The number of rotatable bonds is 8. The van der Waals surface area contributed by atoms with Crippen LogP contribution in [0.5, 0.6) is 0 Å². The van der Waals surface area contributed by atoms with Crippen molar-refractivity contribution in [3.63, 3.8) is 0 Å². The first-order chi connectivity index (χ1) is 12.1. The predicted molar refractivity (Wildman–Crippen MR) is 105 cm³/mol. The summed E-state index contributed by atoms with van der Waals surface area (Å²) in [6.07, 6.45) is 2.36. The lowest BCUT2D eigenvalue weighted by atomic mass is 9.78. The summed E-state index contributed by atoms with van der Waals surface area (Å²) < 4.78 is 5.41. The summed E-state index contributed by atoms with van der Waals surface area (Å²) in [5, 5.41) is 22.2. The van der Waals surface area contributed by atoms with Crippen molar-refractivity contribution in [3.05, 3.63) is 17.3 Å². The highest BCUT2D eigenvalue weighted by Gasteiger charge is 2.22. The molecule has 1 heterocycles. The van der Waals surface area contributed by atoms with Crippen LogP contribution in [0, 0.1) is 6.92 Å². The number of nitrogens with zero attached hydrogens (tertiary/aromatic N) is 2. The molecule has 0 spiro atoms. The third kappa shape index (κ3) is 6.84. The van der Waals surface area contributed by atoms with Gasteiger partial charge in [-0.15, -0.1) is 0 Å².